The lowest BCUT2D eigenvalue weighted by Gasteiger charge is -2.22. The fraction of sp³-hybridized carbons (Fsp3) is 0.429. The number of hydrogen-bond donors (Lipinski definition) is 2. The number of nitrogens with zero attached hydrogens (tertiary/aromatic N) is 1. The monoisotopic (exact) mass is 356 g/mol. The van der Waals surface area contributed by atoms with Crippen LogP contribution in [0, 0.1) is 6.92 Å². The van der Waals surface area contributed by atoms with Gasteiger partial charge in [0, 0.05) is 30.2 Å². The first-order valence-corrected chi connectivity index (χ1v) is 7.31. The Morgan fingerprint density at radius 3 is 2.81 bits per heavy atom. The Morgan fingerprint density at radius 1 is 1.48 bits per heavy atom. The molecule has 2 N–H and O–H groups in total. The number of carboxylic acids is 1. The molecule has 0 radical (unpaired) electrons. The van der Waals surface area contributed by atoms with Crippen molar-refractivity contribution >= 4 is 33.6 Å². The number of carboxylic acid groups (broad SMARTS) is 1. The standard InChI is InChI=1S/C14H17BrN2O4/c1-8-10(15)4-3-5-11(8)16-14(20)17-7-9(21-2)6-12(17)13(18)19/h3-5,9,12H,6-7H2,1-2H3,(H,16,20)(H,18,19). The zero-order chi connectivity index (χ0) is 15.6. The number of benzene rings is 1. The minimum atomic E-state index is -1.02. The van der Waals surface area contributed by atoms with E-state index >= 15 is 0 Å². The van der Waals surface area contributed by atoms with Gasteiger partial charge in [-0.3, -0.25) is 0 Å². The molecule has 1 aromatic carbocycles. The fourth-order valence-corrected chi connectivity index (χ4v) is 2.72. The molecule has 2 atom stereocenters. The molecule has 2 unspecified atom stereocenters. The number of amides is 2. The molecule has 0 spiro atoms. The number of likely N-dealkylation sites (tertiary alicyclic amines) is 1. The number of halogens is 1. The molecule has 0 bridgehead atoms. The highest BCUT2D eigenvalue weighted by Gasteiger charge is 2.39. The molecule has 2 rings (SSSR count). The SMILES string of the molecule is COC1CC(C(=O)O)N(C(=O)Nc2cccc(Br)c2C)C1. The van der Waals surface area contributed by atoms with Gasteiger partial charge in [-0.25, -0.2) is 9.59 Å². The van der Waals surface area contributed by atoms with Gasteiger partial charge in [-0.2, -0.15) is 0 Å². The highest BCUT2D eigenvalue weighted by Crippen LogP contribution is 2.26. The Kier molecular flexibility index (Phi) is 4.84. The van der Waals surface area contributed by atoms with Crippen molar-refractivity contribution < 1.29 is 19.4 Å². The van der Waals surface area contributed by atoms with Crippen LogP contribution in [0.25, 0.3) is 0 Å². The minimum Gasteiger partial charge on any atom is -0.480 e. The first-order chi connectivity index (χ1) is 9.93. The Balaban J connectivity index is 2.15. The van der Waals surface area contributed by atoms with Crippen molar-refractivity contribution in [1.82, 2.24) is 4.90 Å². The van der Waals surface area contributed by atoms with Gasteiger partial charge in [0.2, 0.25) is 0 Å². The Labute approximate surface area is 131 Å². The van der Waals surface area contributed by atoms with Gasteiger partial charge in [0.05, 0.1) is 6.10 Å². The third-order valence-electron chi connectivity index (χ3n) is 3.65. The number of ether oxygens (including phenoxy) is 1. The second-order valence-corrected chi connectivity index (χ2v) is 5.80. The van der Waals surface area contributed by atoms with E-state index in [0.717, 1.165) is 10.0 Å². The molecule has 7 heteroatoms. The fourth-order valence-electron chi connectivity index (χ4n) is 2.36. The number of aliphatic carboxylic acids is 1. The summed E-state index contributed by atoms with van der Waals surface area (Å²) in [4.78, 5) is 24.9. The zero-order valence-electron chi connectivity index (χ0n) is 11.8. The lowest BCUT2D eigenvalue weighted by molar-refractivity contribution is -0.141. The van der Waals surface area contributed by atoms with Gasteiger partial charge in [-0.05, 0) is 24.6 Å². The summed E-state index contributed by atoms with van der Waals surface area (Å²) in [5.74, 6) is -1.02. The van der Waals surface area contributed by atoms with E-state index in [4.69, 9.17) is 4.74 Å². The van der Waals surface area contributed by atoms with Gasteiger partial charge in [0.15, 0.2) is 0 Å². The van der Waals surface area contributed by atoms with Crippen molar-refractivity contribution in [1.29, 1.82) is 0 Å². The molecule has 1 fully saturated rings. The summed E-state index contributed by atoms with van der Waals surface area (Å²) in [5.41, 5.74) is 1.54. The van der Waals surface area contributed by atoms with Crippen LogP contribution in [-0.2, 0) is 9.53 Å². The largest absolute Gasteiger partial charge is 0.480 e. The number of nitrogens with one attached hydrogen (secondary N) is 1. The van der Waals surface area contributed by atoms with Crippen molar-refractivity contribution in [2.75, 3.05) is 19.0 Å². The van der Waals surface area contributed by atoms with Crippen LogP contribution >= 0.6 is 15.9 Å². The maximum atomic E-state index is 12.3. The molecule has 0 aromatic heterocycles. The zero-order valence-corrected chi connectivity index (χ0v) is 13.4. The highest BCUT2D eigenvalue weighted by atomic mass is 79.9. The van der Waals surface area contributed by atoms with E-state index < -0.39 is 18.0 Å². The van der Waals surface area contributed by atoms with Crippen molar-refractivity contribution in [2.24, 2.45) is 0 Å². The van der Waals surface area contributed by atoms with Crippen LogP contribution in [0.3, 0.4) is 0 Å². The normalized spacial score (nSPS) is 21.4. The molecule has 0 aliphatic carbocycles. The summed E-state index contributed by atoms with van der Waals surface area (Å²) in [6.07, 6.45) is 0.0527. The first kappa shape index (κ1) is 15.8. The average Bonchev–Trinajstić information content (AvgIpc) is 2.88. The van der Waals surface area contributed by atoms with E-state index in [1.807, 2.05) is 19.1 Å². The summed E-state index contributed by atoms with van der Waals surface area (Å²) in [7, 11) is 1.52. The van der Waals surface area contributed by atoms with Crippen LogP contribution in [-0.4, -0.2) is 47.8 Å². The molecule has 6 nitrogen and oxygen atoms in total. The van der Waals surface area contributed by atoms with Crippen LogP contribution in [0.1, 0.15) is 12.0 Å². The highest BCUT2D eigenvalue weighted by molar-refractivity contribution is 9.10. The van der Waals surface area contributed by atoms with Crippen molar-refractivity contribution in [3.05, 3.63) is 28.2 Å². The number of rotatable bonds is 3. The molecule has 2 amide bonds. The molecule has 1 aliphatic rings. The molecule has 1 heterocycles. The molecular formula is C14H17BrN2O4. The maximum absolute atomic E-state index is 12.3. The molecular weight excluding hydrogens is 340 g/mol. The number of carbonyl (C=O) groups excluding carboxylic acids is 1. The molecule has 21 heavy (non-hydrogen) atoms. The molecule has 1 aliphatic heterocycles. The van der Waals surface area contributed by atoms with E-state index in [2.05, 4.69) is 21.2 Å². The van der Waals surface area contributed by atoms with E-state index in [0.29, 0.717) is 12.1 Å². The molecule has 1 saturated heterocycles. The van der Waals surface area contributed by atoms with Crippen LogP contribution in [0.15, 0.2) is 22.7 Å². The molecule has 1 aromatic rings. The third-order valence-corrected chi connectivity index (χ3v) is 4.51. The quantitative estimate of drug-likeness (QED) is 0.871. The van der Waals surface area contributed by atoms with E-state index in [1.54, 1.807) is 6.07 Å². The predicted octanol–water partition coefficient (Wildman–Crippen LogP) is 2.46. The van der Waals surface area contributed by atoms with Gasteiger partial charge < -0.3 is 20.1 Å². The summed E-state index contributed by atoms with van der Waals surface area (Å²) in [5, 5.41) is 12.0. The van der Waals surface area contributed by atoms with Crippen molar-refractivity contribution in [3.8, 4) is 0 Å². The van der Waals surface area contributed by atoms with Gasteiger partial charge >= 0.3 is 12.0 Å². The second-order valence-electron chi connectivity index (χ2n) is 4.94. The Bertz CT molecular complexity index is 564. The average molecular weight is 357 g/mol. The minimum absolute atomic E-state index is 0.250. The van der Waals surface area contributed by atoms with E-state index in [1.165, 1.54) is 12.0 Å². The summed E-state index contributed by atoms with van der Waals surface area (Å²) in [6, 6.07) is 4.17. The van der Waals surface area contributed by atoms with Gasteiger partial charge in [-0.15, -0.1) is 0 Å². The van der Waals surface area contributed by atoms with Crippen LogP contribution in [0.5, 0.6) is 0 Å². The number of urea groups is 1. The number of methoxy groups -OCH3 is 1. The topological polar surface area (TPSA) is 78.9 Å². The van der Waals surface area contributed by atoms with Crippen LogP contribution in [0.4, 0.5) is 10.5 Å². The lowest BCUT2D eigenvalue weighted by Crippen LogP contribution is -2.43. The second kappa shape index (κ2) is 6.44. The third kappa shape index (κ3) is 3.36. The Hall–Kier alpha value is -1.60. The van der Waals surface area contributed by atoms with Gasteiger partial charge in [0.25, 0.3) is 0 Å². The van der Waals surface area contributed by atoms with E-state index in [-0.39, 0.29) is 12.6 Å². The van der Waals surface area contributed by atoms with Crippen LogP contribution in [0.2, 0.25) is 0 Å². The van der Waals surface area contributed by atoms with Crippen LogP contribution < -0.4 is 5.32 Å². The summed E-state index contributed by atoms with van der Waals surface area (Å²) < 4.78 is 6.05. The van der Waals surface area contributed by atoms with Crippen molar-refractivity contribution in [2.45, 2.75) is 25.5 Å². The summed E-state index contributed by atoms with van der Waals surface area (Å²) >= 11 is 3.40. The first-order valence-electron chi connectivity index (χ1n) is 6.52. The summed E-state index contributed by atoms with van der Waals surface area (Å²) in [6.45, 7) is 2.14. The van der Waals surface area contributed by atoms with Gasteiger partial charge in [0.1, 0.15) is 6.04 Å². The molecule has 0 saturated carbocycles. The number of carbonyl (C=O) groups is 2. The van der Waals surface area contributed by atoms with Gasteiger partial charge in [-0.1, -0.05) is 22.0 Å². The Morgan fingerprint density at radius 2 is 2.19 bits per heavy atom. The van der Waals surface area contributed by atoms with E-state index in [9.17, 15) is 14.7 Å². The van der Waals surface area contributed by atoms with Crippen molar-refractivity contribution in [3.63, 3.8) is 0 Å². The predicted molar refractivity (Wildman–Crippen MR) is 81.4 cm³/mol. The maximum Gasteiger partial charge on any atom is 0.326 e. The number of hydrogen-bond acceptors (Lipinski definition) is 3. The number of anilines is 1. The lowest BCUT2D eigenvalue weighted by atomic mass is 10.2. The smallest absolute Gasteiger partial charge is 0.326 e. The molecule has 114 valence electrons.